The summed E-state index contributed by atoms with van der Waals surface area (Å²) in [5, 5.41) is 4.30. The van der Waals surface area contributed by atoms with Crippen LogP contribution in [0, 0.1) is 0 Å². The van der Waals surface area contributed by atoms with Crippen LogP contribution in [-0.4, -0.2) is 9.13 Å². The first-order valence-electron chi connectivity index (χ1n) is 17.6. The Morgan fingerprint density at radius 1 is 0.308 bits per heavy atom. The molecule has 1 aliphatic heterocycles. The van der Waals surface area contributed by atoms with Crippen molar-refractivity contribution in [3.63, 3.8) is 0 Å². The van der Waals surface area contributed by atoms with E-state index >= 15 is 0 Å². The van der Waals surface area contributed by atoms with Crippen molar-refractivity contribution in [2.75, 3.05) is 0 Å². The standard InChI is InChI=1S/C48H30N2O2/c1-3-12-31(13-4-1)33-22-24-35(25-23-33)49-39-20-9-7-18-37(39)45-41(49)26-28-43-47(45)51-44-29-27-42-46(48(44)52-43)38-19-8-10-21-40(38)50(42)36-17-11-16-34(30-36)32-14-5-2-6-15-32/h1-30H. The molecule has 0 N–H and O–H groups in total. The molecule has 52 heavy (non-hydrogen) atoms. The molecule has 244 valence electrons. The van der Waals surface area contributed by atoms with Crippen LogP contribution in [0.25, 0.3) is 77.2 Å². The molecule has 4 heteroatoms. The molecule has 0 amide bonds. The van der Waals surface area contributed by atoms with E-state index in [2.05, 4.69) is 185 Å². The minimum Gasteiger partial charge on any atom is -0.449 e. The first-order chi connectivity index (χ1) is 25.8. The maximum absolute atomic E-state index is 6.93. The molecule has 0 radical (unpaired) electrons. The van der Waals surface area contributed by atoms with E-state index in [0.29, 0.717) is 11.5 Å². The monoisotopic (exact) mass is 666 g/mol. The van der Waals surface area contributed by atoms with Crippen molar-refractivity contribution in [3.8, 4) is 56.6 Å². The highest BCUT2D eigenvalue weighted by Gasteiger charge is 2.29. The summed E-state index contributed by atoms with van der Waals surface area (Å²) in [6.07, 6.45) is 0. The third-order valence-electron chi connectivity index (χ3n) is 10.4. The van der Waals surface area contributed by atoms with Crippen LogP contribution in [0.4, 0.5) is 0 Å². The Morgan fingerprint density at radius 2 is 0.769 bits per heavy atom. The number of hydrogen-bond donors (Lipinski definition) is 0. The predicted octanol–water partition coefficient (Wildman–Crippen LogP) is 13.1. The fourth-order valence-electron chi connectivity index (χ4n) is 8.05. The molecule has 0 fully saturated rings. The summed E-state index contributed by atoms with van der Waals surface area (Å²) < 4.78 is 18.5. The van der Waals surface area contributed by atoms with E-state index in [1.54, 1.807) is 0 Å². The number of rotatable bonds is 4. The van der Waals surface area contributed by atoms with E-state index < -0.39 is 0 Å². The number of fused-ring (bicyclic) bond motifs is 10. The van der Waals surface area contributed by atoms with Crippen LogP contribution < -0.4 is 9.47 Å². The normalized spacial score (nSPS) is 12.2. The predicted molar refractivity (Wildman–Crippen MR) is 213 cm³/mol. The molecule has 1 aliphatic rings. The van der Waals surface area contributed by atoms with Gasteiger partial charge in [-0.15, -0.1) is 0 Å². The van der Waals surface area contributed by atoms with Gasteiger partial charge in [-0.3, -0.25) is 0 Å². The highest BCUT2D eigenvalue weighted by atomic mass is 16.6. The molecule has 4 nitrogen and oxygen atoms in total. The Labute approximate surface area is 300 Å². The lowest BCUT2D eigenvalue weighted by atomic mass is 10.1. The van der Waals surface area contributed by atoms with Gasteiger partial charge >= 0.3 is 0 Å². The zero-order chi connectivity index (χ0) is 34.2. The maximum Gasteiger partial charge on any atom is 0.180 e. The molecule has 3 heterocycles. The van der Waals surface area contributed by atoms with Gasteiger partial charge in [0.15, 0.2) is 23.0 Å². The van der Waals surface area contributed by atoms with E-state index in [4.69, 9.17) is 9.47 Å². The molecule has 10 aromatic rings. The van der Waals surface area contributed by atoms with E-state index in [1.807, 2.05) is 6.07 Å². The summed E-state index contributed by atoms with van der Waals surface area (Å²) >= 11 is 0. The number of para-hydroxylation sites is 2. The molecule has 0 bridgehead atoms. The zero-order valence-corrected chi connectivity index (χ0v) is 28.0. The van der Waals surface area contributed by atoms with Crippen LogP contribution in [0.3, 0.4) is 0 Å². The highest BCUT2D eigenvalue weighted by Crippen LogP contribution is 2.54. The molecule has 0 spiro atoms. The average molecular weight is 667 g/mol. The second kappa shape index (κ2) is 11.2. The summed E-state index contributed by atoms with van der Waals surface area (Å²) in [7, 11) is 0. The van der Waals surface area contributed by atoms with Crippen LogP contribution in [0.15, 0.2) is 182 Å². The SMILES string of the molecule is c1ccc(-c2ccc(-n3c4ccccc4c4c5c(ccc43)Oc3c(ccc4c3c3ccccc3n4-c3cccc(-c4ccccc4)c3)O5)cc2)cc1. The van der Waals surface area contributed by atoms with E-state index in [0.717, 1.165) is 66.5 Å². The van der Waals surface area contributed by atoms with Crippen molar-refractivity contribution in [3.05, 3.63) is 182 Å². The molecule has 11 rings (SSSR count). The minimum absolute atomic E-state index is 0.706. The zero-order valence-electron chi connectivity index (χ0n) is 28.0. The van der Waals surface area contributed by atoms with Gasteiger partial charge in [-0.1, -0.05) is 121 Å². The van der Waals surface area contributed by atoms with E-state index in [1.165, 1.54) is 22.3 Å². The molecule has 0 unspecified atom stereocenters. The maximum atomic E-state index is 6.93. The van der Waals surface area contributed by atoms with Gasteiger partial charge in [0.1, 0.15) is 0 Å². The van der Waals surface area contributed by atoms with Crippen molar-refractivity contribution in [1.82, 2.24) is 9.13 Å². The van der Waals surface area contributed by atoms with Crippen molar-refractivity contribution >= 4 is 43.6 Å². The molecule has 0 saturated heterocycles. The van der Waals surface area contributed by atoms with Gasteiger partial charge in [-0.25, -0.2) is 0 Å². The minimum atomic E-state index is 0.706. The summed E-state index contributed by atoms with van der Waals surface area (Å²) in [6.45, 7) is 0. The number of hydrogen-bond acceptors (Lipinski definition) is 2. The van der Waals surface area contributed by atoms with Gasteiger partial charge in [-0.05, 0) is 82.9 Å². The van der Waals surface area contributed by atoms with Gasteiger partial charge in [0.2, 0.25) is 0 Å². The summed E-state index contributed by atoms with van der Waals surface area (Å²) in [5.41, 5.74) is 11.3. The largest absolute Gasteiger partial charge is 0.449 e. The molecule has 0 saturated carbocycles. The van der Waals surface area contributed by atoms with Gasteiger partial charge in [0, 0.05) is 22.1 Å². The van der Waals surface area contributed by atoms with Crippen LogP contribution in [0.1, 0.15) is 0 Å². The molecule has 0 aliphatic carbocycles. The Hall–Kier alpha value is -7.04. The van der Waals surface area contributed by atoms with Gasteiger partial charge in [-0.2, -0.15) is 0 Å². The Kier molecular flexibility index (Phi) is 6.22. The lowest BCUT2D eigenvalue weighted by Crippen LogP contribution is -2.01. The average Bonchev–Trinajstić information content (AvgIpc) is 3.74. The first-order valence-corrected chi connectivity index (χ1v) is 17.6. The summed E-state index contributed by atoms with van der Waals surface area (Å²) in [5.74, 6) is 2.88. The van der Waals surface area contributed by atoms with E-state index in [9.17, 15) is 0 Å². The quantitative estimate of drug-likeness (QED) is 0.187. The lowest BCUT2D eigenvalue weighted by Gasteiger charge is -2.22. The number of ether oxygens (including phenoxy) is 2. The van der Waals surface area contributed by atoms with Crippen LogP contribution in [0.2, 0.25) is 0 Å². The van der Waals surface area contributed by atoms with Crippen molar-refractivity contribution in [1.29, 1.82) is 0 Å². The Balaban J connectivity index is 1.07. The molecular formula is C48H30N2O2. The summed E-state index contributed by atoms with van der Waals surface area (Å²) in [6, 6.07) is 64.0. The molecular weight excluding hydrogens is 637 g/mol. The first kappa shape index (κ1) is 28.8. The van der Waals surface area contributed by atoms with Crippen LogP contribution in [0.5, 0.6) is 23.0 Å². The van der Waals surface area contributed by atoms with Gasteiger partial charge in [0.25, 0.3) is 0 Å². The smallest absolute Gasteiger partial charge is 0.180 e. The third-order valence-corrected chi connectivity index (χ3v) is 10.4. The van der Waals surface area contributed by atoms with Crippen molar-refractivity contribution < 1.29 is 9.47 Å². The molecule has 2 aromatic heterocycles. The van der Waals surface area contributed by atoms with Gasteiger partial charge < -0.3 is 18.6 Å². The van der Waals surface area contributed by atoms with Crippen molar-refractivity contribution in [2.24, 2.45) is 0 Å². The van der Waals surface area contributed by atoms with Gasteiger partial charge in [0.05, 0.1) is 32.8 Å². The Morgan fingerprint density at radius 3 is 1.35 bits per heavy atom. The fraction of sp³-hybridized carbons (Fsp3) is 0. The molecule has 8 aromatic carbocycles. The number of aromatic nitrogens is 2. The lowest BCUT2D eigenvalue weighted by molar-refractivity contribution is 0.367. The second-order valence-electron chi connectivity index (χ2n) is 13.3. The highest BCUT2D eigenvalue weighted by molar-refractivity contribution is 6.16. The number of benzene rings is 8. The van der Waals surface area contributed by atoms with Crippen LogP contribution in [-0.2, 0) is 0 Å². The third kappa shape index (κ3) is 4.28. The van der Waals surface area contributed by atoms with Crippen molar-refractivity contribution in [2.45, 2.75) is 0 Å². The van der Waals surface area contributed by atoms with Crippen LogP contribution >= 0.6 is 0 Å². The summed E-state index contributed by atoms with van der Waals surface area (Å²) in [4.78, 5) is 0. The van der Waals surface area contributed by atoms with E-state index in [-0.39, 0.29) is 0 Å². The Bertz CT molecular complexity index is 2990. The molecule has 0 atom stereocenters. The fourth-order valence-corrected chi connectivity index (χ4v) is 8.05. The topological polar surface area (TPSA) is 28.3 Å². The second-order valence-corrected chi connectivity index (χ2v) is 13.3. The number of nitrogens with zero attached hydrogens (tertiary/aromatic N) is 2.